The molecule has 0 radical (unpaired) electrons. The van der Waals surface area contributed by atoms with Gasteiger partial charge in [-0.1, -0.05) is 77.8 Å². The third-order valence-corrected chi connectivity index (χ3v) is 5.17. The highest BCUT2D eigenvalue weighted by Crippen LogP contribution is 2.29. The van der Waals surface area contributed by atoms with E-state index in [1.54, 1.807) is 0 Å². The first kappa shape index (κ1) is 18.1. The van der Waals surface area contributed by atoms with Crippen molar-refractivity contribution in [2.24, 2.45) is 0 Å². The first-order chi connectivity index (χ1) is 13.7. The van der Waals surface area contributed by atoms with Crippen molar-refractivity contribution < 1.29 is 0 Å². The van der Waals surface area contributed by atoms with Gasteiger partial charge in [0.15, 0.2) is 0 Å². The van der Waals surface area contributed by atoms with Crippen molar-refractivity contribution in [2.45, 2.75) is 13.5 Å². The molecule has 0 spiro atoms. The molecule has 136 valence electrons. The fourth-order valence-electron chi connectivity index (χ4n) is 3.53. The number of hydrogen-bond acceptors (Lipinski definition) is 1. The zero-order chi connectivity index (χ0) is 19.5. The number of aromatic nitrogens is 1. The van der Waals surface area contributed by atoms with E-state index in [2.05, 4.69) is 60.2 Å². The predicted molar refractivity (Wildman–Crippen MR) is 117 cm³/mol. The first-order valence-electron chi connectivity index (χ1n) is 9.16. The Labute approximate surface area is 169 Å². The van der Waals surface area contributed by atoms with Crippen molar-refractivity contribution in [3.05, 3.63) is 106 Å². The molecule has 28 heavy (non-hydrogen) atoms. The Hall–Kier alpha value is -3.28. The Balaban J connectivity index is 1.82. The number of rotatable bonds is 4. The van der Waals surface area contributed by atoms with Gasteiger partial charge in [-0.05, 0) is 30.7 Å². The second-order valence-corrected chi connectivity index (χ2v) is 7.28. The fourth-order valence-corrected chi connectivity index (χ4v) is 3.77. The van der Waals surface area contributed by atoms with Crippen LogP contribution in [-0.4, -0.2) is 4.57 Å². The average Bonchev–Trinajstić information content (AvgIpc) is 3.04. The van der Waals surface area contributed by atoms with Gasteiger partial charge in [0.25, 0.3) is 0 Å². The molecule has 0 N–H and O–H groups in total. The van der Waals surface area contributed by atoms with E-state index in [4.69, 9.17) is 11.6 Å². The van der Waals surface area contributed by atoms with Crippen LogP contribution in [0.5, 0.6) is 0 Å². The molecule has 1 heterocycles. The van der Waals surface area contributed by atoms with Gasteiger partial charge in [0.05, 0.1) is 11.6 Å². The lowest BCUT2D eigenvalue weighted by molar-refractivity contribution is 0.835. The maximum atomic E-state index is 9.73. The number of fused-ring (bicyclic) bond motifs is 1. The van der Waals surface area contributed by atoms with E-state index in [1.807, 2.05) is 42.5 Å². The molecule has 3 aromatic carbocycles. The molecule has 4 aromatic rings. The molecule has 0 aliphatic rings. The predicted octanol–water partition coefficient (Wildman–Crippen LogP) is 6.72. The highest BCUT2D eigenvalue weighted by molar-refractivity contribution is 6.32. The summed E-state index contributed by atoms with van der Waals surface area (Å²) in [4.78, 5) is 0. The number of benzene rings is 3. The van der Waals surface area contributed by atoms with Gasteiger partial charge in [0.2, 0.25) is 0 Å². The average molecular weight is 383 g/mol. The zero-order valence-corrected chi connectivity index (χ0v) is 16.3. The minimum absolute atomic E-state index is 0.559. The van der Waals surface area contributed by atoms with E-state index in [0.717, 1.165) is 28.6 Å². The first-order valence-corrected chi connectivity index (χ1v) is 9.53. The van der Waals surface area contributed by atoms with Crippen LogP contribution in [0.15, 0.2) is 79.0 Å². The Morgan fingerprint density at radius 3 is 2.61 bits per heavy atom. The number of aryl methyl sites for hydroxylation is 1. The molecular formula is C25H19ClN2. The number of allylic oxidation sites excluding steroid dienone is 1. The van der Waals surface area contributed by atoms with Crippen molar-refractivity contribution in [1.29, 1.82) is 5.26 Å². The van der Waals surface area contributed by atoms with E-state index in [-0.39, 0.29) is 0 Å². The van der Waals surface area contributed by atoms with Gasteiger partial charge in [-0.15, -0.1) is 0 Å². The van der Waals surface area contributed by atoms with Crippen LogP contribution in [0.3, 0.4) is 0 Å². The summed E-state index contributed by atoms with van der Waals surface area (Å²) in [6.07, 6.45) is 4.04. The monoisotopic (exact) mass is 382 g/mol. The minimum atomic E-state index is 0.559. The van der Waals surface area contributed by atoms with Crippen molar-refractivity contribution >= 4 is 34.2 Å². The molecule has 0 aliphatic carbocycles. The van der Waals surface area contributed by atoms with Crippen LogP contribution >= 0.6 is 11.6 Å². The van der Waals surface area contributed by atoms with Gasteiger partial charge in [-0.25, -0.2) is 0 Å². The van der Waals surface area contributed by atoms with Crippen molar-refractivity contribution in [2.75, 3.05) is 0 Å². The van der Waals surface area contributed by atoms with Crippen LogP contribution in [0.25, 0.3) is 22.6 Å². The molecule has 0 aliphatic heterocycles. The molecule has 0 fully saturated rings. The Morgan fingerprint density at radius 1 is 1.04 bits per heavy atom. The fraction of sp³-hybridized carbons (Fsp3) is 0.0800. The minimum Gasteiger partial charge on any atom is -0.342 e. The van der Waals surface area contributed by atoms with Crippen molar-refractivity contribution in [3.63, 3.8) is 0 Å². The van der Waals surface area contributed by atoms with Crippen molar-refractivity contribution in [3.8, 4) is 6.07 Å². The summed E-state index contributed by atoms with van der Waals surface area (Å²) in [6.45, 7) is 2.89. The standard InChI is InChI=1S/C25H19ClN2/c1-18-7-6-8-19(13-18)16-28-17-21(23-10-3-5-12-25(23)28)14-20(15-27)22-9-2-4-11-24(22)26/h2-14,17H,16H2,1H3. The maximum absolute atomic E-state index is 9.73. The second-order valence-electron chi connectivity index (χ2n) is 6.87. The largest absolute Gasteiger partial charge is 0.342 e. The Bertz CT molecular complexity index is 1220. The molecule has 0 amide bonds. The van der Waals surface area contributed by atoms with Gasteiger partial charge in [0, 0.05) is 39.8 Å². The number of para-hydroxylation sites is 1. The molecule has 0 atom stereocenters. The lowest BCUT2D eigenvalue weighted by Crippen LogP contribution is -1.97. The number of nitrogens with zero attached hydrogens (tertiary/aromatic N) is 2. The molecule has 4 rings (SSSR count). The number of hydrogen-bond donors (Lipinski definition) is 0. The van der Waals surface area contributed by atoms with E-state index in [1.165, 1.54) is 11.1 Å². The van der Waals surface area contributed by atoms with Gasteiger partial charge < -0.3 is 4.57 Å². The van der Waals surface area contributed by atoms with Crippen LogP contribution in [0.2, 0.25) is 5.02 Å². The number of nitriles is 1. The molecule has 3 heteroatoms. The van der Waals surface area contributed by atoms with E-state index in [0.29, 0.717) is 10.6 Å². The molecule has 0 saturated heterocycles. The lowest BCUT2D eigenvalue weighted by Gasteiger charge is -2.06. The highest BCUT2D eigenvalue weighted by atomic mass is 35.5. The van der Waals surface area contributed by atoms with Crippen LogP contribution in [-0.2, 0) is 6.54 Å². The van der Waals surface area contributed by atoms with Crippen LogP contribution in [0, 0.1) is 18.3 Å². The topological polar surface area (TPSA) is 28.7 Å². The van der Waals surface area contributed by atoms with Gasteiger partial charge in [0.1, 0.15) is 0 Å². The quantitative estimate of drug-likeness (QED) is 0.360. The molecule has 0 bridgehead atoms. The normalized spacial score (nSPS) is 11.5. The van der Waals surface area contributed by atoms with E-state index in [9.17, 15) is 5.26 Å². The zero-order valence-electron chi connectivity index (χ0n) is 15.6. The number of halogens is 1. The van der Waals surface area contributed by atoms with Gasteiger partial charge in [-0.3, -0.25) is 0 Å². The van der Waals surface area contributed by atoms with E-state index >= 15 is 0 Å². The summed E-state index contributed by atoms with van der Waals surface area (Å²) in [5.74, 6) is 0. The Kier molecular flexibility index (Phi) is 5.02. The third kappa shape index (κ3) is 3.58. The summed E-state index contributed by atoms with van der Waals surface area (Å²) < 4.78 is 2.23. The summed E-state index contributed by atoms with van der Waals surface area (Å²) in [7, 11) is 0. The van der Waals surface area contributed by atoms with Crippen molar-refractivity contribution in [1.82, 2.24) is 4.57 Å². The van der Waals surface area contributed by atoms with Crippen LogP contribution in [0.1, 0.15) is 22.3 Å². The highest BCUT2D eigenvalue weighted by Gasteiger charge is 2.11. The van der Waals surface area contributed by atoms with Gasteiger partial charge >= 0.3 is 0 Å². The van der Waals surface area contributed by atoms with E-state index < -0.39 is 0 Å². The second kappa shape index (κ2) is 7.76. The smallest absolute Gasteiger partial charge is 0.0998 e. The lowest BCUT2D eigenvalue weighted by atomic mass is 10.0. The summed E-state index contributed by atoms with van der Waals surface area (Å²) in [6, 6.07) is 26.6. The molecular weight excluding hydrogens is 364 g/mol. The molecule has 1 aromatic heterocycles. The van der Waals surface area contributed by atoms with Crippen LogP contribution in [0.4, 0.5) is 0 Å². The Morgan fingerprint density at radius 2 is 1.82 bits per heavy atom. The maximum Gasteiger partial charge on any atom is 0.0998 e. The SMILES string of the molecule is Cc1cccc(Cn2cc(C=C(C#N)c3ccccc3Cl)c3ccccc32)c1. The molecule has 2 nitrogen and oxygen atoms in total. The molecule has 0 unspecified atom stereocenters. The third-order valence-electron chi connectivity index (χ3n) is 4.84. The van der Waals surface area contributed by atoms with Crippen LogP contribution < -0.4 is 0 Å². The molecule has 0 saturated carbocycles. The summed E-state index contributed by atoms with van der Waals surface area (Å²) in [5.41, 5.74) is 5.97. The summed E-state index contributed by atoms with van der Waals surface area (Å²) in [5, 5.41) is 11.4. The summed E-state index contributed by atoms with van der Waals surface area (Å²) >= 11 is 6.31. The van der Waals surface area contributed by atoms with Gasteiger partial charge in [-0.2, -0.15) is 5.26 Å².